The van der Waals surface area contributed by atoms with Gasteiger partial charge in [0.1, 0.15) is 0 Å². The molecule has 0 atom stereocenters. The second-order valence-electron chi connectivity index (χ2n) is 8.56. The number of carbonyl (C=O) groups is 3. The number of methoxy groups -OCH3 is 2. The quantitative estimate of drug-likeness (QED) is 0.288. The summed E-state index contributed by atoms with van der Waals surface area (Å²) in [5.74, 6) is 0.118. The third-order valence-electron chi connectivity index (χ3n) is 6.27. The summed E-state index contributed by atoms with van der Waals surface area (Å²) >= 11 is 0. The highest BCUT2D eigenvalue weighted by Crippen LogP contribution is 2.33. The minimum absolute atomic E-state index is 0.0439. The molecule has 1 aromatic heterocycles. The fraction of sp³-hybridized carbons (Fsp3) is 0.172. The lowest BCUT2D eigenvalue weighted by molar-refractivity contribution is -0.116. The highest BCUT2D eigenvalue weighted by atomic mass is 16.5. The van der Waals surface area contributed by atoms with E-state index in [1.54, 1.807) is 56.7 Å². The van der Waals surface area contributed by atoms with Crippen LogP contribution in [0.5, 0.6) is 11.5 Å². The average molecular weight is 497 g/mol. The summed E-state index contributed by atoms with van der Waals surface area (Å²) in [7, 11) is 3.11. The van der Waals surface area contributed by atoms with E-state index < -0.39 is 12.6 Å². The number of para-hydroxylation sites is 1. The highest BCUT2D eigenvalue weighted by Gasteiger charge is 2.20. The summed E-state index contributed by atoms with van der Waals surface area (Å²) in [5.41, 5.74) is 4.21. The number of rotatable bonds is 7. The van der Waals surface area contributed by atoms with Crippen molar-refractivity contribution in [3.05, 3.63) is 83.4 Å². The van der Waals surface area contributed by atoms with E-state index in [0.717, 1.165) is 11.1 Å². The molecule has 5 rings (SSSR count). The fourth-order valence-corrected chi connectivity index (χ4v) is 4.34. The first-order valence-electron chi connectivity index (χ1n) is 11.7. The predicted octanol–water partition coefficient (Wildman–Crippen LogP) is 4.84. The minimum atomic E-state index is -0.626. The Labute approximate surface area is 213 Å². The summed E-state index contributed by atoms with van der Waals surface area (Å²) in [4.78, 5) is 42.3. The van der Waals surface area contributed by atoms with Crippen LogP contribution in [0, 0.1) is 0 Å². The van der Waals surface area contributed by atoms with E-state index in [1.165, 1.54) is 0 Å². The maximum Gasteiger partial charge on any atom is 0.339 e. The molecule has 3 aromatic carbocycles. The standard InChI is InChI=1S/C29H24N2O6/c1-35-26-11-8-18(14-27(26)36-2)24-15-21(20-5-3-4-6-23(20)30-24)29(34)37-16-25(32)19-7-10-22-17(13-19)9-12-28(33)31-22/h3-8,10-11,13-15H,9,12,16H2,1-2H3,(H,31,33). The van der Waals surface area contributed by atoms with Gasteiger partial charge in [0, 0.05) is 28.6 Å². The molecule has 8 heteroatoms. The number of aromatic nitrogens is 1. The molecule has 2 heterocycles. The largest absolute Gasteiger partial charge is 0.493 e. The molecule has 4 aromatic rings. The van der Waals surface area contributed by atoms with Crippen LogP contribution >= 0.6 is 0 Å². The summed E-state index contributed by atoms with van der Waals surface area (Å²) < 4.78 is 16.2. The van der Waals surface area contributed by atoms with Gasteiger partial charge in [0.2, 0.25) is 5.91 Å². The Kier molecular flexibility index (Phi) is 6.55. The van der Waals surface area contributed by atoms with Crippen molar-refractivity contribution in [2.24, 2.45) is 0 Å². The van der Waals surface area contributed by atoms with Gasteiger partial charge in [0.05, 0.1) is 31.0 Å². The highest BCUT2D eigenvalue weighted by molar-refractivity contribution is 6.06. The number of amides is 1. The first-order valence-corrected chi connectivity index (χ1v) is 11.7. The maximum absolute atomic E-state index is 13.2. The third-order valence-corrected chi connectivity index (χ3v) is 6.27. The zero-order valence-corrected chi connectivity index (χ0v) is 20.4. The van der Waals surface area contributed by atoms with Crippen LogP contribution < -0.4 is 14.8 Å². The van der Waals surface area contributed by atoms with Crippen molar-refractivity contribution in [1.82, 2.24) is 4.98 Å². The molecule has 0 fully saturated rings. The predicted molar refractivity (Wildman–Crippen MR) is 138 cm³/mol. The normalized spacial score (nSPS) is 12.4. The summed E-state index contributed by atoms with van der Waals surface area (Å²) in [5, 5.41) is 3.41. The Hall–Kier alpha value is -4.72. The smallest absolute Gasteiger partial charge is 0.339 e. The van der Waals surface area contributed by atoms with E-state index in [1.807, 2.05) is 24.3 Å². The monoisotopic (exact) mass is 496 g/mol. The van der Waals surface area contributed by atoms with Gasteiger partial charge in [-0.2, -0.15) is 0 Å². The van der Waals surface area contributed by atoms with Crippen LogP contribution in [-0.4, -0.2) is 43.5 Å². The van der Waals surface area contributed by atoms with E-state index in [0.29, 0.717) is 57.8 Å². The Bertz CT molecular complexity index is 1550. The zero-order valence-electron chi connectivity index (χ0n) is 20.4. The Morgan fingerprint density at radius 3 is 2.54 bits per heavy atom. The van der Waals surface area contributed by atoms with Gasteiger partial charge in [0.25, 0.3) is 0 Å². The fourth-order valence-electron chi connectivity index (χ4n) is 4.34. The van der Waals surface area contributed by atoms with E-state index in [9.17, 15) is 14.4 Å². The second-order valence-corrected chi connectivity index (χ2v) is 8.56. The number of pyridine rings is 1. The van der Waals surface area contributed by atoms with E-state index >= 15 is 0 Å². The lowest BCUT2D eigenvalue weighted by Crippen LogP contribution is -2.20. The van der Waals surface area contributed by atoms with Crippen LogP contribution in [0.3, 0.4) is 0 Å². The number of carbonyl (C=O) groups excluding carboxylic acids is 3. The lowest BCUT2D eigenvalue weighted by atomic mass is 9.99. The van der Waals surface area contributed by atoms with Gasteiger partial charge < -0.3 is 19.5 Å². The zero-order chi connectivity index (χ0) is 25.9. The number of nitrogens with one attached hydrogen (secondary N) is 1. The summed E-state index contributed by atoms with van der Waals surface area (Å²) in [6.07, 6.45) is 0.932. The van der Waals surface area contributed by atoms with Crippen LogP contribution in [0.15, 0.2) is 66.7 Å². The van der Waals surface area contributed by atoms with Crippen molar-refractivity contribution >= 4 is 34.3 Å². The molecule has 0 radical (unpaired) electrons. The number of aryl methyl sites for hydroxylation is 1. The SMILES string of the molecule is COc1ccc(-c2cc(C(=O)OCC(=O)c3ccc4c(c3)CCC(=O)N4)c3ccccc3n2)cc1OC. The molecule has 1 amide bonds. The molecule has 1 aliphatic heterocycles. The number of anilines is 1. The molecule has 1 aliphatic rings. The first-order chi connectivity index (χ1) is 18.0. The third kappa shape index (κ3) is 4.86. The van der Waals surface area contributed by atoms with Crippen molar-refractivity contribution in [1.29, 1.82) is 0 Å². The number of ether oxygens (including phenoxy) is 3. The summed E-state index contributed by atoms with van der Waals surface area (Å²) in [6, 6.07) is 19.3. The topological polar surface area (TPSA) is 104 Å². The van der Waals surface area contributed by atoms with Crippen molar-refractivity contribution < 1.29 is 28.6 Å². The number of Topliss-reactive ketones (excluding diaryl/α,β-unsaturated/α-hetero) is 1. The van der Waals surface area contributed by atoms with Gasteiger partial charge >= 0.3 is 5.97 Å². The number of esters is 1. The molecule has 0 saturated heterocycles. The molecule has 0 saturated carbocycles. The molecule has 0 aliphatic carbocycles. The molecule has 1 N–H and O–H groups in total. The maximum atomic E-state index is 13.2. The number of hydrogen-bond donors (Lipinski definition) is 1. The van der Waals surface area contributed by atoms with Crippen LogP contribution in [0.25, 0.3) is 22.2 Å². The summed E-state index contributed by atoms with van der Waals surface area (Å²) in [6.45, 7) is -0.410. The van der Waals surface area contributed by atoms with E-state index in [4.69, 9.17) is 19.2 Å². The first kappa shape index (κ1) is 24.0. The Balaban J connectivity index is 1.41. The molecular weight excluding hydrogens is 472 g/mol. The molecule has 0 spiro atoms. The van der Waals surface area contributed by atoms with Gasteiger partial charge in [-0.25, -0.2) is 9.78 Å². The minimum Gasteiger partial charge on any atom is -0.493 e. The van der Waals surface area contributed by atoms with Crippen molar-refractivity contribution in [2.75, 3.05) is 26.1 Å². The number of ketones is 1. The number of hydrogen-bond acceptors (Lipinski definition) is 7. The van der Waals surface area contributed by atoms with Crippen molar-refractivity contribution in [3.63, 3.8) is 0 Å². The molecule has 0 unspecified atom stereocenters. The van der Waals surface area contributed by atoms with Gasteiger partial charge in [-0.1, -0.05) is 18.2 Å². The molecule has 37 heavy (non-hydrogen) atoms. The Morgan fingerprint density at radius 2 is 1.73 bits per heavy atom. The van der Waals surface area contributed by atoms with E-state index in [-0.39, 0.29) is 11.7 Å². The van der Waals surface area contributed by atoms with Gasteiger partial charge in [-0.05, 0) is 60.5 Å². The number of benzene rings is 3. The van der Waals surface area contributed by atoms with Crippen LogP contribution in [0.1, 0.15) is 32.7 Å². The Morgan fingerprint density at radius 1 is 0.919 bits per heavy atom. The van der Waals surface area contributed by atoms with Crippen LogP contribution in [0.2, 0.25) is 0 Å². The van der Waals surface area contributed by atoms with Gasteiger partial charge in [-0.3, -0.25) is 9.59 Å². The van der Waals surface area contributed by atoms with E-state index in [2.05, 4.69) is 5.32 Å². The average Bonchev–Trinajstić information content (AvgIpc) is 2.94. The lowest BCUT2D eigenvalue weighted by Gasteiger charge is -2.17. The van der Waals surface area contributed by atoms with Crippen LogP contribution in [0.4, 0.5) is 5.69 Å². The number of fused-ring (bicyclic) bond motifs is 2. The van der Waals surface area contributed by atoms with Crippen molar-refractivity contribution in [2.45, 2.75) is 12.8 Å². The molecule has 186 valence electrons. The second kappa shape index (κ2) is 10.1. The van der Waals surface area contributed by atoms with Crippen LogP contribution in [-0.2, 0) is 16.0 Å². The number of nitrogens with zero attached hydrogens (tertiary/aromatic N) is 1. The molecule has 8 nitrogen and oxygen atoms in total. The van der Waals surface area contributed by atoms with Gasteiger partial charge in [0.15, 0.2) is 23.9 Å². The van der Waals surface area contributed by atoms with Gasteiger partial charge in [-0.15, -0.1) is 0 Å². The molecular formula is C29H24N2O6. The molecule has 0 bridgehead atoms. The van der Waals surface area contributed by atoms with Crippen molar-refractivity contribution in [3.8, 4) is 22.8 Å².